The molecule has 4 bridgehead atoms. The minimum Gasteiger partial charge on any atom is -0.476 e. The Morgan fingerprint density at radius 2 is 1.19 bits per heavy atom. The summed E-state index contributed by atoms with van der Waals surface area (Å²) in [6, 6.07) is 9.57. The van der Waals surface area contributed by atoms with Crippen LogP contribution in [-0.4, -0.2) is 115 Å². The second kappa shape index (κ2) is 14.5. The van der Waals surface area contributed by atoms with Crippen LogP contribution in [0.25, 0.3) is 22.1 Å². The molecular weight excluding hydrogens is 807 g/mol. The van der Waals surface area contributed by atoms with E-state index in [-0.39, 0.29) is 45.4 Å². The number of aromatic carboxylic acids is 1. The maximum absolute atomic E-state index is 13.3. The van der Waals surface area contributed by atoms with E-state index < -0.39 is 18.0 Å². The van der Waals surface area contributed by atoms with Gasteiger partial charge in [0, 0.05) is 37.6 Å². The highest BCUT2D eigenvalue weighted by molar-refractivity contribution is 6.34. The summed E-state index contributed by atoms with van der Waals surface area (Å²) in [4.78, 5) is 74.7. The molecule has 0 radical (unpaired) electrons. The quantitative estimate of drug-likeness (QED) is 0.140. The molecule has 4 amide bonds. The molecule has 5 N–H and O–H groups in total. The average molecular weight is 842 g/mol. The summed E-state index contributed by atoms with van der Waals surface area (Å²) in [7, 11) is 1.26. The Labute approximate surface area is 343 Å². The number of fused-ring (bicyclic) bond motifs is 10. The van der Waals surface area contributed by atoms with Gasteiger partial charge in [0.15, 0.2) is 46.0 Å². The van der Waals surface area contributed by atoms with Crippen molar-refractivity contribution in [2.75, 3.05) is 63.5 Å². The molecule has 2 atom stereocenters. The number of methoxy groups -OCH3 is 1. The van der Waals surface area contributed by atoms with Crippen LogP contribution in [-0.2, 0) is 4.74 Å². The van der Waals surface area contributed by atoms with E-state index in [1.165, 1.54) is 12.0 Å². The first kappa shape index (κ1) is 37.8. The zero-order valence-corrected chi connectivity index (χ0v) is 33.1. The molecular formula is C37H34Cl2N14O6. The number of urea groups is 2. The molecule has 10 rings (SSSR count). The van der Waals surface area contributed by atoms with Gasteiger partial charge in [0.05, 0.1) is 51.4 Å². The zero-order chi connectivity index (χ0) is 41.3. The molecule has 6 aromatic heterocycles. The van der Waals surface area contributed by atoms with E-state index >= 15 is 0 Å². The van der Waals surface area contributed by atoms with Gasteiger partial charge < -0.3 is 19.6 Å². The Morgan fingerprint density at radius 1 is 0.729 bits per heavy atom. The van der Waals surface area contributed by atoms with Gasteiger partial charge in [-0.15, -0.1) is 0 Å². The van der Waals surface area contributed by atoms with E-state index in [2.05, 4.69) is 60.8 Å². The number of rotatable bonds is 4. The molecule has 0 unspecified atom stereocenters. The summed E-state index contributed by atoms with van der Waals surface area (Å²) >= 11 is 12.4. The van der Waals surface area contributed by atoms with E-state index in [4.69, 9.17) is 27.9 Å². The summed E-state index contributed by atoms with van der Waals surface area (Å²) in [6.07, 6.45) is 1.52. The predicted molar refractivity (Wildman–Crippen MR) is 218 cm³/mol. The number of carbonyl (C=O) groups is 4. The lowest BCUT2D eigenvalue weighted by atomic mass is 10.1. The van der Waals surface area contributed by atoms with Crippen molar-refractivity contribution >= 4 is 104 Å². The summed E-state index contributed by atoms with van der Waals surface area (Å²) < 4.78 is 4.78. The van der Waals surface area contributed by atoms with Gasteiger partial charge in [-0.3, -0.25) is 30.6 Å². The fraction of sp³-hybridized carbons (Fsp3) is 0.297. The van der Waals surface area contributed by atoms with Crippen LogP contribution in [0, 0.1) is 13.8 Å². The van der Waals surface area contributed by atoms with Crippen molar-refractivity contribution < 1.29 is 29.0 Å². The van der Waals surface area contributed by atoms with Crippen LogP contribution >= 0.6 is 23.2 Å². The number of carboxylic acids is 1. The van der Waals surface area contributed by atoms with Crippen molar-refractivity contribution in [3.63, 3.8) is 0 Å². The highest BCUT2D eigenvalue weighted by atomic mass is 35.5. The number of pyridine rings is 4. The van der Waals surface area contributed by atoms with Crippen molar-refractivity contribution in [1.29, 1.82) is 0 Å². The molecule has 4 aliphatic heterocycles. The number of aryl methyl sites for hydroxylation is 2. The Balaban J connectivity index is 0.000000152. The van der Waals surface area contributed by atoms with Crippen LogP contribution in [0.5, 0.6) is 0 Å². The molecule has 302 valence electrons. The molecule has 2 saturated heterocycles. The number of amides is 4. The number of ether oxygens (including phenoxy) is 1. The van der Waals surface area contributed by atoms with Crippen molar-refractivity contribution in [2.45, 2.75) is 38.8 Å². The van der Waals surface area contributed by atoms with E-state index in [1.54, 1.807) is 17.0 Å². The lowest BCUT2D eigenvalue weighted by Crippen LogP contribution is -2.48. The molecule has 0 saturated carbocycles. The van der Waals surface area contributed by atoms with Crippen molar-refractivity contribution in [1.82, 2.24) is 40.3 Å². The fourth-order valence-electron chi connectivity index (χ4n) is 7.88. The predicted octanol–water partition coefficient (Wildman–Crippen LogP) is 5.38. The van der Waals surface area contributed by atoms with Gasteiger partial charge in [-0.05, 0) is 63.1 Å². The van der Waals surface area contributed by atoms with Crippen LogP contribution in [0.4, 0.5) is 44.2 Å². The van der Waals surface area contributed by atoms with Gasteiger partial charge in [-0.25, -0.2) is 39.1 Å². The molecule has 2 fully saturated rings. The van der Waals surface area contributed by atoms with Crippen LogP contribution < -0.4 is 30.2 Å². The van der Waals surface area contributed by atoms with Crippen molar-refractivity contribution in [3.05, 3.63) is 69.2 Å². The third-order valence-corrected chi connectivity index (χ3v) is 11.2. The summed E-state index contributed by atoms with van der Waals surface area (Å²) in [5.74, 6) is -0.508. The third-order valence-electron chi connectivity index (χ3n) is 10.7. The monoisotopic (exact) mass is 840 g/mol. The summed E-state index contributed by atoms with van der Waals surface area (Å²) in [5.41, 5.74) is 3.89. The number of esters is 1. The number of hydrogen-bond donors (Lipinski definition) is 5. The number of carbonyl (C=O) groups excluding carboxylic acids is 3. The summed E-state index contributed by atoms with van der Waals surface area (Å²) in [5, 5.41) is 30.7. The van der Waals surface area contributed by atoms with E-state index in [0.717, 1.165) is 37.3 Å². The number of anilines is 6. The highest BCUT2D eigenvalue weighted by Gasteiger charge is 2.43. The standard InChI is InChI=1S/C19H18ClN7O3.C18H16ClN7O3/c1-9-3-4-11-15(21-9)24-25-16(11)23-19(29)27-10-5-6-26(8-10)13-7-12(20)14(18(28)30-2)22-17(13)27;1-8-2-3-10-14(20-8)23-24-15(10)22-18(29)26-9-4-5-25(7-9)12-6-11(19)13(17(27)28)21-16(12)26/h3-4,7,10H,5-6,8H2,1-2H3,(H2,21,23,24,25,29);2-3,6,9H,4-5,7H2,1H3,(H,27,28)(H2,20,22,23,24,29)/t10-;9-/m00/s1. The smallest absolute Gasteiger partial charge is 0.358 e. The van der Waals surface area contributed by atoms with E-state index in [1.807, 2.05) is 38.1 Å². The normalized spacial score (nSPS) is 17.4. The first-order chi connectivity index (χ1) is 28.4. The molecule has 0 aromatic carbocycles. The van der Waals surface area contributed by atoms with E-state index in [9.17, 15) is 24.3 Å². The number of carboxylic acid groups (broad SMARTS) is 1. The maximum atomic E-state index is 13.3. The molecule has 59 heavy (non-hydrogen) atoms. The van der Waals surface area contributed by atoms with Gasteiger partial charge in [0.2, 0.25) is 0 Å². The minimum absolute atomic E-state index is 0.0249. The number of H-pyrrole nitrogens is 2. The second-order valence-electron chi connectivity index (χ2n) is 14.3. The van der Waals surface area contributed by atoms with Crippen LogP contribution in [0.15, 0.2) is 36.4 Å². The Bertz CT molecular complexity index is 2740. The van der Waals surface area contributed by atoms with Crippen molar-refractivity contribution in [2.24, 2.45) is 0 Å². The third kappa shape index (κ3) is 6.58. The molecule has 20 nitrogen and oxygen atoms in total. The molecule has 0 aliphatic carbocycles. The number of nitrogens with one attached hydrogen (secondary N) is 4. The van der Waals surface area contributed by atoms with Gasteiger partial charge in [0.25, 0.3) is 0 Å². The van der Waals surface area contributed by atoms with Crippen LogP contribution in [0.2, 0.25) is 10.0 Å². The first-order valence-electron chi connectivity index (χ1n) is 18.4. The Kier molecular flexibility index (Phi) is 9.31. The molecule has 10 heterocycles. The molecule has 4 aliphatic rings. The topological polar surface area (TPSA) is 244 Å². The number of halogens is 2. The molecule has 0 spiro atoms. The molecule has 6 aromatic rings. The van der Waals surface area contributed by atoms with Gasteiger partial charge in [-0.1, -0.05) is 23.2 Å². The lowest BCUT2D eigenvalue weighted by Gasteiger charge is -2.35. The minimum atomic E-state index is -1.24. The molecule has 22 heteroatoms. The first-order valence-corrected chi connectivity index (χ1v) is 19.2. The summed E-state index contributed by atoms with van der Waals surface area (Å²) in [6.45, 7) is 6.55. The van der Waals surface area contributed by atoms with E-state index in [0.29, 0.717) is 64.0 Å². The number of aromatic nitrogens is 8. The Hall–Kier alpha value is -6.80. The van der Waals surface area contributed by atoms with Crippen LogP contribution in [0.1, 0.15) is 45.2 Å². The highest BCUT2D eigenvalue weighted by Crippen LogP contribution is 2.43. The zero-order valence-electron chi connectivity index (χ0n) is 31.6. The number of hydrogen-bond acceptors (Lipinski definition) is 13. The number of nitrogens with zero attached hydrogens (tertiary/aromatic N) is 10. The lowest BCUT2D eigenvalue weighted by molar-refractivity contribution is 0.0593. The number of aromatic amines is 2. The largest absolute Gasteiger partial charge is 0.476 e. The van der Waals surface area contributed by atoms with Gasteiger partial charge >= 0.3 is 24.0 Å². The maximum Gasteiger partial charge on any atom is 0.358 e. The fourth-order valence-corrected chi connectivity index (χ4v) is 8.33. The SMILES string of the molecule is COC(=O)c1nc2c(cc1Cl)N1CC[C@@H](C1)N2C(=O)Nc1n[nH]c2nc(C)ccc12.Cc1ccc2c(NC(=O)N3c4nc(C(=O)O)c(Cl)cc4N4CC[C@H]3C4)n[nH]c2n1. The van der Waals surface area contributed by atoms with Gasteiger partial charge in [0.1, 0.15) is 0 Å². The Morgan fingerprint density at radius 3 is 1.64 bits per heavy atom. The second-order valence-corrected chi connectivity index (χ2v) is 15.2. The average Bonchev–Trinajstić information content (AvgIpc) is 4.02. The van der Waals surface area contributed by atoms with Crippen LogP contribution in [0.3, 0.4) is 0 Å². The van der Waals surface area contributed by atoms with Gasteiger partial charge in [-0.2, -0.15) is 10.2 Å². The van der Waals surface area contributed by atoms with Crippen molar-refractivity contribution in [3.8, 4) is 0 Å².